The zero-order chi connectivity index (χ0) is 19.9. The summed E-state index contributed by atoms with van der Waals surface area (Å²) >= 11 is 0. The predicted octanol–water partition coefficient (Wildman–Crippen LogP) is 2.04. The third-order valence-corrected chi connectivity index (χ3v) is 4.36. The van der Waals surface area contributed by atoms with Crippen LogP contribution in [-0.4, -0.2) is 52.7 Å². The van der Waals surface area contributed by atoms with Crippen molar-refractivity contribution in [1.29, 1.82) is 0 Å². The third kappa shape index (κ3) is 4.53. The molecule has 2 rings (SSSR count). The van der Waals surface area contributed by atoms with Gasteiger partial charge in [-0.15, -0.1) is 0 Å². The molecule has 2 heterocycles. The van der Waals surface area contributed by atoms with Gasteiger partial charge >= 0.3 is 18.0 Å². The van der Waals surface area contributed by atoms with Gasteiger partial charge in [-0.1, -0.05) is 0 Å². The highest BCUT2D eigenvalue weighted by Gasteiger charge is 2.49. The number of ketones is 1. The number of amides is 1. The first-order valence-corrected chi connectivity index (χ1v) is 8.80. The fourth-order valence-corrected chi connectivity index (χ4v) is 3.21. The maximum atomic E-state index is 12.7. The van der Waals surface area contributed by atoms with Crippen LogP contribution in [0.25, 0.3) is 0 Å². The van der Waals surface area contributed by atoms with Crippen LogP contribution >= 0.6 is 0 Å². The van der Waals surface area contributed by atoms with Crippen LogP contribution in [0.3, 0.4) is 0 Å². The summed E-state index contributed by atoms with van der Waals surface area (Å²) in [5.74, 6) is -5.69. The van der Waals surface area contributed by atoms with E-state index >= 15 is 0 Å². The van der Waals surface area contributed by atoms with Crippen molar-refractivity contribution in [3.05, 3.63) is 0 Å². The number of cyclic esters (lactones) is 2. The molecule has 0 aromatic rings. The van der Waals surface area contributed by atoms with Crippen LogP contribution in [0, 0.1) is 11.8 Å². The van der Waals surface area contributed by atoms with E-state index in [4.69, 9.17) is 14.2 Å². The van der Waals surface area contributed by atoms with Gasteiger partial charge in [-0.2, -0.15) is 0 Å². The molecule has 0 radical (unpaired) electrons. The largest absolute Gasteiger partial charge is 0.444 e. The average molecular weight is 369 g/mol. The molecule has 2 fully saturated rings. The van der Waals surface area contributed by atoms with E-state index in [0.717, 1.165) is 0 Å². The second kappa shape index (κ2) is 6.89. The molecular formula is C18H27NO7. The van der Waals surface area contributed by atoms with E-state index in [1.54, 1.807) is 25.7 Å². The molecule has 0 aliphatic carbocycles. The minimum Gasteiger partial charge on any atom is -0.444 e. The van der Waals surface area contributed by atoms with E-state index in [2.05, 4.69) is 0 Å². The Morgan fingerprint density at radius 2 is 1.69 bits per heavy atom. The molecule has 2 aliphatic rings. The Hall–Kier alpha value is -2.12. The predicted molar refractivity (Wildman–Crippen MR) is 89.9 cm³/mol. The van der Waals surface area contributed by atoms with Gasteiger partial charge in [0.1, 0.15) is 5.60 Å². The number of carbonyl (C=O) groups is 4. The van der Waals surface area contributed by atoms with Crippen molar-refractivity contribution in [2.24, 2.45) is 11.8 Å². The van der Waals surface area contributed by atoms with Crippen LogP contribution in [-0.2, 0) is 28.6 Å². The number of hydrogen-bond donors (Lipinski definition) is 0. The molecule has 0 aromatic carbocycles. The number of rotatable bonds is 2. The molecule has 0 bridgehead atoms. The smallest absolute Gasteiger partial charge is 0.410 e. The van der Waals surface area contributed by atoms with E-state index in [1.807, 2.05) is 6.92 Å². The normalized spacial score (nSPS) is 26.8. The van der Waals surface area contributed by atoms with Gasteiger partial charge in [-0.25, -0.2) is 4.79 Å². The molecule has 0 N–H and O–H groups in total. The molecule has 1 amide bonds. The van der Waals surface area contributed by atoms with Crippen LogP contribution < -0.4 is 0 Å². The Kier molecular flexibility index (Phi) is 5.35. The van der Waals surface area contributed by atoms with Crippen LogP contribution in [0.2, 0.25) is 0 Å². The highest BCUT2D eigenvalue weighted by molar-refractivity contribution is 6.16. The topological polar surface area (TPSA) is 99.2 Å². The summed E-state index contributed by atoms with van der Waals surface area (Å²) in [7, 11) is 0. The number of ether oxygens (including phenoxy) is 3. The van der Waals surface area contributed by atoms with Gasteiger partial charge in [0.25, 0.3) is 5.79 Å². The van der Waals surface area contributed by atoms with E-state index in [-0.39, 0.29) is 6.04 Å². The van der Waals surface area contributed by atoms with Crippen LogP contribution in [0.1, 0.15) is 54.4 Å². The second-order valence-electron chi connectivity index (χ2n) is 8.32. The average Bonchev–Trinajstić information content (AvgIpc) is 2.42. The molecule has 2 saturated heterocycles. The van der Waals surface area contributed by atoms with Gasteiger partial charge in [0.05, 0.1) is 0 Å². The monoisotopic (exact) mass is 369 g/mol. The van der Waals surface area contributed by atoms with E-state index in [0.29, 0.717) is 19.4 Å². The van der Waals surface area contributed by atoms with E-state index in [1.165, 1.54) is 13.8 Å². The molecule has 0 spiro atoms. The van der Waals surface area contributed by atoms with E-state index in [9.17, 15) is 19.2 Å². The molecule has 2 aliphatic heterocycles. The Balaban J connectivity index is 2.02. The fraction of sp³-hybridized carbons (Fsp3) is 0.778. The van der Waals surface area contributed by atoms with Crippen LogP contribution in [0.15, 0.2) is 0 Å². The summed E-state index contributed by atoms with van der Waals surface area (Å²) < 4.78 is 15.4. The molecule has 0 saturated carbocycles. The minimum atomic E-state index is -1.55. The van der Waals surface area contributed by atoms with Crippen LogP contribution in [0.5, 0.6) is 0 Å². The lowest BCUT2D eigenvalue weighted by Crippen LogP contribution is -2.53. The highest BCUT2D eigenvalue weighted by Crippen LogP contribution is 2.31. The van der Waals surface area contributed by atoms with Gasteiger partial charge in [0, 0.05) is 32.4 Å². The lowest BCUT2D eigenvalue weighted by Gasteiger charge is -2.39. The molecule has 146 valence electrons. The number of esters is 2. The zero-order valence-electron chi connectivity index (χ0n) is 16.2. The maximum Gasteiger partial charge on any atom is 0.410 e. The lowest BCUT2D eigenvalue weighted by molar-refractivity contribution is -0.238. The van der Waals surface area contributed by atoms with Crippen molar-refractivity contribution in [1.82, 2.24) is 4.90 Å². The van der Waals surface area contributed by atoms with Crippen molar-refractivity contribution in [2.75, 3.05) is 6.54 Å². The van der Waals surface area contributed by atoms with Crippen LogP contribution in [0.4, 0.5) is 4.79 Å². The van der Waals surface area contributed by atoms with Gasteiger partial charge in [-0.3, -0.25) is 14.4 Å². The summed E-state index contributed by atoms with van der Waals surface area (Å²) in [4.78, 5) is 50.7. The van der Waals surface area contributed by atoms with Crippen molar-refractivity contribution in [3.63, 3.8) is 0 Å². The van der Waals surface area contributed by atoms with Gasteiger partial charge < -0.3 is 19.1 Å². The number of piperidine rings is 1. The number of carbonyl (C=O) groups excluding carboxylic acids is 4. The summed E-state index contributed by atoms with van der Waals surface area (Å²) in [5, 5.41) is 0. The Labute approximate surface area is 153 Å². The summed E-state index contributed by atoms with van der Waals surface area (Å²) in [5.41, 5.74) is -0.605. The molecular weight excluding hydrogens is 342 g/mol. The number of Topliss-reactive ketones (excluding diaryl/α,β-unsaturated/α-hetero) is 1. The fourth-order valence-electron chi connectivity index (χ4n) is 3.21. The Morgan fingerprint density at radius 1 is 1.15 bits per heavy atom. The van der Waals surface area contributed by atoms with Crippen molar-refractivity contribution < 1.29 is 33.4 Å². The number of likely N-dealkylation sites (tertiary alicyclic amines) is 1. The molecule has 2 atom stereocenters. The number of hydrogen-bond acceptors (Lipinski definition) is 7. The Morgan fingerprint density at radius 3 is 2.15 bits per heavy atom. The zero-order valence-corrected chi connectivity index (χ0v) is 16.2. The first-order valence-electron chi connectivity index (χ1n) is 8.80. The molecule has 0 aromatic heterocycles. The molecule has 26 heavy (non-hydrogen) atoms. The lowest BCUT2D eigenvalue weighted by atomic mass is 9.82. The SMILES string of the molecule is C[C@@H]1C[C@H](C(=O)C2C(=O)OC(C)(C)OC2=O)CCN1C(=O)OC(C)(C)C. The van der Waals surface area contributed by atoms with Crippen molar-refractivity contribution in [2.45, 2.75) is 71.8 Å². The van der Waals surface area contributed by atoms with Crippen molar-refractivity contribution >= 4 is 23.8 Å². The third-order valence-electron chi connectivity index (χ3n) is 4.36. The molecule has 8 heteroatoms. The number of nitrogens with zero attached hydrogens (tertiary/aromatic N) is 1. The second-order valence-corrected chi connectivity index (χ2v) is 8.32. The standard InChI is InChI=1S/C18H27NO7/c1-10-9-11(7-8-19(10)16(23)26-17(2,3)4)13(20)12-14(21)24-18(5,6)25-15(12)22/h10-12H,7-9H2,1-6H3/t10-,11-/m1/s1. The van der Waals surface area contributed by atoms with Gasteiger partial charge in [0.15, 0.2) is 5.78 Å². The van der Waals surface area contributed by atoms with Crippen molar-refractivity contribution in [3.8, 4) is 0 Å². The van der Waals surface area contributed by atoms with Gasteiger partial charge in [-0.05, 0) is 40.5 Å². The maximum absolute atomic E-state index is 12.7. The quantitative estimate of drug-likeness (QED) is 0.542. The summed E-state index contributed by atoms with van der Waals surface area (Å²) in [6.45, 7) is 10.4. The summed E-state index contributed by atoms with van der Waals surface area (Å²) in [6.07, 6.45) is 0.260. The molecule has 0 unspecified atom stereocenters. The summed E-state index contributed by atoms with van der Waals surface area (Å²) in [6, 6.07) is -0.250. The Bertz CT molecular complexity index is 600. The van der Waals surface area contributed by atoms with Gasteiger partial charge in [0.2, 0.25) is 5.92 Å². The molecule has 8 nitrogen and oxygen atoms in total. The minimum absolute atomic E-state index is 0.250. The first-order chi connectivity index (χ1) is 11.8. The van der Waals surface area contributed by atoms with E-state index < -0.39 is 47.0 Å². The highest BCUT2D eigenvalue weighted by atomic mass is 16.7. The first kappa shape index (κ1) is 20.2.